The zero-order valence-corrected chi connectivity index (χ0v) is 11.3. The van der Waals surface area contributed by atoms with E-state index in [-0.39, 0.29) is 0 Å². The number of hydrogen-bond donors (Lipinski definition) is 1. The third kappa shape index (κ3) is 2.13. The molecule has 1 aromatic carbocycles. The van der Waals surface area contributed by atoms with E-state index in [9.17, 15) is 0 Å². The van der Waals surface area contributed by atoms with E-state index in [0.717, 1.165) is 24.5 Å². The van der Waals surface area contributed by atoms with Crippen LogP contribution in [0.1, 0.15) is 16.0 Å². The zero-order chi connectivity index (χ0) is 11.8. The van der Waals surface area contributed by atoms with Gasteiger partial charge in [-0.25, -0.2) is 0 Å². The van der Waals surface area contributed by atoms with Crippen LogP contribution in [0.25, 0.3) is 10.4 Å². The van der Waals surface area contributed by atoms with Gasteiger partial charge in [0.05, 0.1) is 0 Å². The molecular formula is C14H14ClNS. The van der Waals surface area contributed by atoms with Crippen molar-refractivity contribution in [3.05, 3.63) is 45.3 Å². The Hall–Kier alpha value is -0.830. The Balaban J connectivity index is 2.08. The lowest BCUT2D eigenvalue weighted by Gasteiger charge is -2.10. The first-order valence-electron chi connectivity index (χ1n) is 5.83. The molecule has 0 atom stereocenters. The highest BCUT2D eigenvalue weighted by Gasteiger charge is 2.14. The average molecular weight is 264 g/mol. The standard InChI is InChI=1S/C14H14ClNS/c1-9-2-3-11(15)7-12(9)13-6-10-4-5-16-8-14(10)17-13/h2-3,6-7,16H,4-5,8H2,1H3. The molecular weight excluding hydrogens is 250 g/mol. The molecule has 1 aromatic heterocycles. The smallest absolute Gasteiger partial charge is 0.0412 e. The summed E-state index contributed by atoms with van der Waals surface area (Å²) in [6.45, 7) is 4.25. The predicted octanol–water partition coefficient (Wildman–Crippen LogP) is 4.02. The van der Waals surface area contributed by atoms with Crippen LogP contribution in [0.2, 0.25) is 5.02 Å². The Bertz CT molecular complexity index is 536. The van der Waals surface area contributed by atoms with E-state index < -0.39 is 0 Å². The van der Waals surface area contributed by atoms with Crippen molar-refractivity contribution in [1.82, 2.24) is 5.32 Å². The van der Waals surface area contributed by atoms with Crippen molar-refractivity contribution in [3.63, 3.8) is 0 Å². The molecule has 88 valence electrons. The van der Waals surface area contributed by atoms with E-state index >= 15 is 0 Å². The molecule has 1 nitrogen and oxygen atoms in total. The van der Waals surface area contributed by atoms with Gasteiger partial charge in [0, 0.05) is 21.3 Å². The minimum atomic E-state index is 0.815. The molecule has 2 aromatic rings. The quantitative estimate of drug-likeness (QED) is 0.819. The average Bonchev–Trinajstić information content (AvgIpc) is 2.75. The summed E-state index contributed by atoms with van der Waals surface area (Å²) >= 11 is 7.98. The second kappa shape index (κ2) is 4.45. The van der Waals surface area contributed by atoms with Crippen molar-refractivity contribution in [2.75, 3.05) is 6.54 Å². The number of benzene rings is 1. The van der Waals surface area contributed by atoms with Gasteiger partial charge >= 0.3 is 0 Å². The molecule has 0 saturated heterocycles. The lowest BCUT2D eigenvalue weighted by Crippen LogP contribution is -2.21. The molecule has 1 aliphatic rings. The van der Waals surface area contributed by atoms with Crippen LogP contribution in [0.5, 0.6) is 0 Å². The van der Waals surface area contributed by atoms with E-state index in [0.29, 0.717) is 0 Å². The molecule has 0 fully saturated rings. The van der Waals surface area contributed by atoms with Crippen molar-refractivity contribution in [2.45, 2.75) is 19.9 Å². The highest BCUT2D eigenvalue weighted by atomic mass is 35.5. The number of aryl methyl sites for hydroxylation is 1. The van der Waals surface area contributed by atoms with Gasteiger partial charge < -0.3 is 5.32 Å². The van der Waals surface area contributed by atoms with Gasteiger partial charge in [0.25, 0.3) is 0 Å². The van der Waals surface area contributed by atoms with Gasteiger partial charge in [0.1, 0.15) is 0 Å². The topological polar surface area (TPSA) is 12.0 Å². The first-order chi connectivity index (χ1) is 8.24. The monoisotopic (exact) mass is 263 g/mol. The number of hydrogen-bond acceptors (Lipinski definition) is 2. The van der Waals surface area contributed by atoms with Gasteiger partial charge in [-0.2, -0.15) is 0 Å². The lowest BCUT2D eigenvalue weighted by atomic mass is 10.0. The Morgan fingerprint density at radius 3 is 3.00 bits per heavy atom. The molecule has 17 heavy (non-hydrogen) atoms. The summed E-state index contributed by atoms with van der Waals surface area (Å²) in [7, 11) is 0. The Labute approximate surface area is 110 Å². The molecule has 3 heteroatoms. The van der Waals surface area contributed by atoms with Crippen molar-refractivity contribution in [3.8, 4) is 10.4 Å². The lowest BCUT2D eigenvalue weighted by molar-refractivity contribution is 0.655. The summed E-state index contributed by atoms with van der Waals surface area (Å²) in [5.41, 5.74) is 4.07. The first-order valence-corrected chi connectivity index (χ1v) is 7.02. The van der Waals surface area contributed by atoms with Gasteiger partial charge in [-0.05, 0) is 54.8 Å². The largest absolute Gasteiger partial charge is 0.312 e. The van der Waals surface area contributed by atoms with Crippen LogP contribution in [0.3, 0.4) is 0 Å². The normalized spacial score (nSPS) is 14.7. The molecule has 0 spiro atoms. The van der Waals surface area contributed by atoms with Crippen molar-refractivity contribution >= 4 is 22.9 Å². The van der Waals surface area contributed by atoms with Gasteiger partial charge in [0.2, 0.25) is 0 Å². The molecule has 0 unspecified atom stereocenters. The summed E-state index contributed by atoms with van der Waals surface area (Å²) in [5, 5.41) is 4.23. The summed E-state index contributed by atoms with van der Waals surface area (Å²) in [4.78, 5) is 2.82. The Kier molecular flexibility index (Phi) is 2.95. The minimum absolute atomic E-state index is 0.815. The highest BCUT2D eigenvalue weighted by Crippen LogP contribution is 2.35. The van der Waals surface area contributed by atoms with Crippen LogP contribution in [-0.4, -0.2) is 6.54 Å². The number of fused-ring (bicyclic) bond motifs is 1. The molecule has 2 heterocycles. The summed E-state index contributed by atoms with van der Waals surface area (Å²) in [6.07, 6.45) is 1.14. The summed E-state index contributed by atoms with van der Waals surface area (Å²) < 4.78 is 0. The van der Waals surface area contributed by atoms with Gasteiger partial charge in [0.15, 0.2) is 0 Å². The van der Waals surface area contributed by atoms with E-state index in [1.165, 1.54) is 26.4 Å². The first kappa shape index (κ1) is 11.3. The fraction of sp³-hybridized carbons (Fsp3) is 0.286. The van der Waals surface area contributed by atoms with Gasteiger partial charge in [-0.3, -0.25) is 0 Å². The zero-order valence-electron chi connectivity index (χ0n) is 9.72. The van der Waals surface area contributed by atoms with Crippen LogP contribution in [0, 0.1) is 6.92 Å². The molecule has 0 saturated carbocycles. The maximum absolute atomic E-state index is 6.09. The maximum atomic E-state index is 6.09. The van der Waals surface area contributed by atoms with Crippen LogP contribution < -0.4 is 5.32 Å². The van der Waals surface area contributed by atoms with E-state index in [1.807, 2.05) is 17.4 Å². The second-order valence-corrected chi connectivity index (χ2v) is 6.02. The fourth-order valence-corrected chi connectivity index (χ4v) is 3.68. The molecule has 1 aliphatic heterocycles. The van der Waals surface area contributed by atoms with Crippen molar-refractivity contribution in [2.24, 2.45) is 0 Å². The third-order valence-corrected chi connectivity index (χ3v) is 4.66. The van der Waals surface area contributed by atoms with Gasteiger partial charge in [-0.1, -0.05) is 17.7 Å². The fourth-order valence-electron chi connectivity index (χ4n) is 2.25. The summed E-state index contributed by atoms with van der Waals surface area (Å²) in [5.74, 6) is 0. The molecule has 3 rings (SSSR count). The summed E-state index contributed by atoms with van der Waals surface area (Å²) in [6, 6.07) is 8.45. The van der Waals surface area contributed by atoms with Crippen LogP contribution in [0.4, 0.5) is 0 Å². The second-order valence-electron chi connectivity index (χ2n) is 4.45. The Morgan fingerprint density at radius 2 is 2.18 bits per heavy atom. The van der Waals surface area contributed by atoms with Crippen LogP contribution in [0.15, 0.2) is 24.3 Å². The van der Waals surface area contributed by atoms with Crippen LogP contribution in [-0.2, 0) is 13.0 Å². The number of halogens is 1. The maximum Gasteiger partial charge on any atom is 0.0412 e. The van der Waals surface area contributed by atoms with Crippen molar-refractivity contribution in [1.29, 1.82) is 0 Å². The van der Waals surface area contributed by atoms with E-state index in [4.69, 9.17) is 11.6 Å². The highest BCUT2D eigenvalue weighted by molar-refractivity contribution is 7.15. The van der Waals surface area contributed by atoms with E-state index in [1.54, 1.807) is 0 Å². The number of rotatable bonds is 1. The molecule has 0 bridgehead atoms. The third-order valence-electron chi connectivity index (χ3n) is 3.22. The van der Waals surface area contributed by atoms with Crippen molar-refractivity contribution < 1.29 is 0 Å². The molecule has 0 radical (unpaired) electrons. The molecule has 0 amide bonds. The number of thiophene rings is 1. The van der Waals surface area contributed by atoms with E-state index in [2.05, 4.69) is 30.4 Å². The predicted molar refractivity (Wildman–Crippen MR) is 74.9 cm³/mol. The molecule has 0 aliphatic carbocycles. The minimum Gasteiger partial charge on any atom is -0.312 e. The van der Waals surface area contributed by atoms with Gasteiger partial charge in [-0.15, -0.1) is 11.3 Å². The number of nitrogens with one attached hydrogen (secondary N) is 1. The Morgan fingerprint density at radius 1 is 1.29 bits per heavy atom. The van der Waals surface area contributed by atoms with Crippen LogP contribution >= 0.6 is 22.9 Å². The molecule has 1 N–H and O–H groups in total. The SMILES string of the molecule is Cc1ccc(Cl)cc1-c1cc2c(s1)CNCC2.